The number of rotatable bonds is 7. The molecule has 0 bridgehead atoms. The van der Waals surface area contributed by atoms with Gasteiger partial charge in [0.1, 0.15) is 5.75 Å². The summed E-state index contributed by atoms with van der Waals surface area (Å²) in [4.78, 5) is 22.8. The van der Waals surface area contributed by atoms with Crippen LogP contribution in [0.3, 0.4) is 0 Å². The molecule has 0 aliphatic heterocycles. The third kappa shape index (κ3) is 5.22. The highest BCUT2D eigenvalue weighted by Crippen LogP contribution is 2.39. The maximum atomic E-state index is 11.9. The van der Waals surface area contributed by atoms with Crippen molar-refractivity contribution in [1.82, 2.24) is 0 Å². The minimum Gasteiger partial charge on any atom is -0.490 e. The highest BCUT2D eigenvalue weighted by molar-refractivity contribution is 5.84. The van der Waals surface area contributed by atoms with Crippen molar-refractivity contribution in [3.8, 4) is 5.75 Å². The summed E-state index contributed by atoms with van der Waals surface area (Å²) in [6, 6.07) is 11.2. The van der Waals surface area contributed by atoms with E-state index in [9.17, 15) is 20.0 Å². The zero-order valence-electron chi connectivity index (χ0n) is 19.8. The number of nitrogens with zero attached hydrogens (tertiary/aromatic N) is 1. The number of hydrogen-bond donors (Lipinski definition) is 1. The number of fused-ring (bicyclic) bond motifs is 1. The predicted molar refractivity (Wildman–Crippen MR) is 126 cm³/mol. The fourth-order valence-corrected chi connectivity index (χ4v) is 4.85. The molecule has 0 amide bonds. The number of hydrogen-bond acceptors (Lipinski definition) is 4. The number of carbonyl (C=O) groups is 1. The van der Waals surface area contributed by atoms with Gasteiger partial charge in [-0.15, -0.1) is 0 Å². The molecule has 1 fully saturated rings. The monoisotopic (exact) mass is 441 g/mol. The number of carboxylic acid groups (broad SMARTS) is 1. The van der Waals surface area contributed by atoms with Gasteiger partial charge >= 0.3 is 5.97 Å². The zero-order valence-corrected chi connectivity index (χ0v) is 19.8. The summed E-state index contributed by atoms with van der Waals surface area (Å²) >= 11 is 0. The fraction of sp³-hybridized carbons (Fsp3) is 0.577. The van der Waals surface area contributed by atoms with E-state index in [1.807, 2.05) is 24.3 Å². The van der Waals surface area contributed by atoms with E-state index in [1.165, 1.54) is 26.7 Å². The summed E-state index contributed by atoms with van der Waals surface area (Å²) in [5.41, 5.74) is -0.615. The van der Waals surface area contributed by atoms with Gasteiger partial charge in [-0.05, 0) is 66.0 Å². The second kappa shape index (κ2) is 9.08. The van der Waals surface area contributed by atoms with Crippen molar-refractivity contribution in [3.63, 3.8) is 0 Å². The number of carboxylic acids is 1. The Kier molecular flexibility index (Phi) is 6.82. The smallest absolute Gasteiger partial charge is 0.306 e. The second-order valence-corrected chi connectivity index (χ2v) is 10.7. The van der Waals surface area contributed by atoms with Crippen LogP contribution in [0.4, 0.5) is 0 Å². The summed E-state index contributed by atoms with van der Waals surface area (Å²) in [6.45, 7) is 9.93. The molecule has 6 nitrogen and oxygen atoms in total. The van der Waals surface area contributed by atoms with E-state index < -0.39 is 17.4 Å². The third-order valence-electron chi connectivity index (χ3n) is 7.16. The Balaban J connectivity index is 1.76. The van der Waals surface area contributed by atoms with Gasteiger partial charge in [-0.3, -0.25) is 14.9 Å². The predicted octanol–water partition coefficient (Wildman–Crippen LogP) is 6.43. The third-order valence-corrected chi connectivity index (χ3v) is 7.16. The van der Waals surface area contributed by atoms with E-state index in [0.29, 0.717) is 11.0 Å². The summed E-state index contributed by atoms with van der Waals surface area (Å²) in [5.74, 6) is -0.291. The lowest BCUT2D eigenvalue weighted by atomic mass is 9.72. The molecule has 1 aliphatic rings. The number of nitro groups is 1. The average Bonchev–Trinajstić information content (AvgIpc) is 2.72. The van der Waals surface area contributed by atoms with Crippen molar-refractivity contribution in [2.24, 2.45) is 17.3 Å². The molecule has 2 aromatic rings. The molecule has 0 heterocycles. The van der Waals surface area contributed by atoms with E-state index in [1.54, 1.807) is 12.1 Å². The first-order chi connectivity index (χ1) is 14.9. The van der Waals surface area contributed by atoms with E-state index in [4.69, 9.17) is 4.74 Å². The molecule has 174 valence electrons. The molecule has 0 spiro atoms. The Morgan fingerprint density at radius 3 is 2.25 bits per heavy atom. The van der Waals surface area contributed by atoms with Crippen molar-refractivity contribution in [2.75, 3.05) is 0 Å². The normalized spacial score (nSPS) is 22.2. The molecule has 1 saturated carbocycles. The molecule has 6 heteroatoms. The lowest BCUT2D eigenvalue weighted by Crippen LogP contribution is -2.35. The number of benzene rings is 2. The standard InChI is InChI=1S/C26H35NO5/c1-17(24(28)29)16-26(5,27(30)31)21-8-6-19-15-23(11-7-18(19)14-21)32-22-12-9-20(10-13-22)25(2,3)4/h6-8,11,14-15,17,20,22H,9-10,12-13,16H2,1-5H3,(H,28,29)/t17?,20-,22-,26?. The van der Waals surface area contributed by atoms with Gasteiger partial charge in [0.2, 0.25) is 5.54 Å². The molecule has 0 aromatic heterocycles. The van der Waals surface area contributed by atoms with Gasteiger partial charge in [0.05, 0.1) is 12.0 Å². The van der Waals surface area contributed by atoms with E-state index in [-0.39, 0.29) is 17.4 Å². The molecule has 2 atom stereocenters. The highest BCUT2D eigenvalue weighted by Gasteiger charge is 2.42. The second-order valence-electron chi connectivity index (χ2n) is 10.7. The Hall–Kier alpha value is -2.63. The molecule has 1 N–H and O–H groups in total. The lowest BCUT2D eigenvalue weighted by molar-refractivity contribution is -0.577. The molecule has 2 unspecified atom stereocenters. The zero-order chi connectivity index (χ0) is 23.7. The number of ether oxygens (including phenoxy) is 1. The minimum atomic E-state index is -1.47. The van der Waals surface area contributed by atoms with Crippen molar-refractivity contribution in [1.29, 1.82) is 0 Å². The van der Waals surface area contributed by atoms with Crippen LogP contribution in [0.2, 0.25) is 0 Å². The Morgan fingerprint density at radius 1 is 1.09 bits per heavy atom. The van der Waals surface area contributed by atoms with Crippen molar-refractivity contribution >= 4 is 16.7 Å². The van der Waals surface area contributed by atoms with E-state index in [0.717, 1.165) is 35.3 Å². The highest BCUT2D eigenvalue weighted by atomic mass is 16.6. The van der Waals surface area contributed by atoms with Gasteiger partial charge in [0.25, 0.3) is 0 Å². The summed E-state index contributed by atoms with van der Waals surface area (Å²) in [6.07, 6.45) is 4.63. The van der Waals surface area contributed by atoms with Gasteiger partial charge in [-0.2, -0.15) is 0 Å². The first-order valence-electron chi connectivity index (χ1n) is 11.5. The van der Waals surface area contributed by atoms with Crippen LogP contribution in [-0.4, -0.2) is 22.1 Å². The molecule has 0 radical (unpaired) electrons. The fourth-order valence-electron chi connectivity index (χ4n) is 4.85. The maximum Gasteiger partial charge on any atom is 0.306 e. The van der Waals surface area contributed by atoms with E-state index in [2.05, 4.69) is 20.8 Å². The van der Waals surface area contributed by atoms with Crippen LogP contribution in [0.1, 0.15) is 72.3 Å². The molecule has 3 rings (SSSR count). The lowest BCUT2D eigenvalue weighted by Gasteiger charge is -2.37. The van der Waals surface area contributed by atoms with Gasteiger partial charge in [0.15, 0.2) is 0 Å². The minimum absolute atomic E-state index is 0.0702. The number of aliphatic carboxylic acids is 1. The van der Waals surface area contributed by atoms with Crippen LogP contribution in [-0.2, 0) is 10.3 Å². The largest absolute Gasteiger partial charge is 0.490 e. The Bertz CT molecular complexity index is 987. The molecule has 1 aliphatic carbocycles. The molecule has 0 saturated heterocycles. The Labute approximate surface area is 190 Å². The van der Waals surface area contributed by atoms with Crippen molar-refractivity contribution in [2.45, 2.75) is 78.4 Å². The van der Waals surface area contributed by atoms with Crippen LogP contribution in [0.15, 0.2) is 36.4 Å². The maximum absolute atomic E-state index is 11.9. The molecular formula is C26H35NO5. The summed E-state index contributed by atoms with van der Waals surface area (Å²) in [7, 11) is 0. The van der Waals surface area contributed by atoms with Crippen LogP contribution in [0, 0.1) is 27.4 Å². The van der Waals surface area contributed by atoms with Gasteiger partial charge < -0.3 is 9.84 Å². The first kappa shape index (κ1) is 24.0. The SMILES string of the molecule is CC(CC(C)(c1ccc2cc(O[C@H]3CC[C@H](C(C)(C)C)CC3)ccc2c1)[N+](=O)[O-])C(=O)O. The summed E-state index contributed by atoms with van der Waals surface area (Å²) in [5, 5.41) is 22.9. The van der Waals surface area contributed by atoms with Crippen molar-refractivity contribution in [3.05, 3.63) is 52.1 Å². The van der Waals surface area contributed by atoms with Crippen molar-refractivity contribution < 1.29 is 19.6 Å². The van der Waals surface area contributed by atoms with Gasteiger partial charge in [-0.25, -0.2) is 0 Å². The van der Waals surface area contributed by atoms with Crippen LogP contribution >= 0.6 is 0 Å². The van der Waals surface area contributed by atoms with Crippen LogP contribution in [0.25, 0.3) is 10.8 Å². The van der Waals surface area contributed by atoms with Gasteiger partial charge in [0, 0.05) is 23.8 Å². The Morgan fingerprint density at radius 2 is 1.69 bits per heavy atom. The molecule has 32 heavy (non-hydrogen) atoms. The van der Waals surface area contributed by atoms with Crippen LogP contribution < -0.4 is 4.74 Å². The van der Waals surface area contributed by atoms with E-state index >= 15 is 0 Å². The molecule has 2 aromatic carbocycles. The quantitative estimate of drug-likeness (QED) is 0.395. The first-order valence-corrected chi connectivity index (χ1v) is 11.5. The average molecular weight is 442 g/mol. The topological polar surface area (TPSA) is 89.7 Å². The molecular weight excluding hydrogens is 406 g/mol. The van der Waals surface area contributed by atoms with Gasteiger partial charge in [-0.1, -0.05) is 45.9 Å². The van der Waals surface area contributed by atoms with Crippen LogP contribution in [0.5, 0.6) is 5.75 Å². The summed E-state index contributed by atoms with van der Waals surface area (Å²) < 4.78 is 6.27.